The van der Waals surface area contributed by atoms with Crippen LogP contribution in [0.2, 0.25) is 5.15 Å². The van der Waals surface area contributed by atoms with E-state index in [4.69, 9.17) is 21.1 Å². The van der Waals surface area contributed by atoms with Gasteiger partial charge in [-0.15, -0.1) is 0 Å². The number of aryl methyl sites for hydroxylation is 1. The first-order valence-electron chi connectivity index (χ1n) is 10.3. The largest absolute Gasteiger partial charge is 0.460 e. The number of rotatable bonds is 6. The number of anilines is 1. The molecule has 1 N–H and O–H groups in total. The van der Waals surface area contributed by atoms with E-state index < -0.39 is 27.7 Å². The Morgan fingerprint density at radius 1 is 1.30 bits per heavy atom. The minimum atomic E-state index is -4.05. The first kappa shape index (κ1) is 24.8. The summed E-state index contributed by atoms with van der Waals surface area (Å²) in [5.41, 5.74) is -0.305. The van der Waals surface area contributed by atoms with Gasteiger partial charge in [-0.25, -0.2) is 14.6 Å². The standard InChI is InChI=1S/C21H27ClN4O6S/c1-21(2,3)32-20(28)26-10-6-9-16(26)12-31-19(27)14-7-5-8-15(11-14)24-33(29,30)18-17(22)25(4)13-23-18/h5,7-8,11,13,16,24H,6,9-10,12H2,1-4H3/t16-/m1/s1. The van der Waals surface area contributed by atoms with Gasteiger partial charge < -0.3 is 18.9 Å². The highest BCUT2D eigenvalue weighted by Gasteiger charge is 2.33. The number of carbonyl (C=O) groups excluding carboxylic acids is 2. The minimum Gasteiger partial charge on any atom is -0.460 e. The van der Waals surface area contributed by atoms with Crippen molar-refractivity contribution in [1.29, 1.82) is 0 Å². The molecule has 1 atom stereocenters. The number of sulfonamides is 1. The van der Waals surface area contributed by atoms with E-state index in [9.17, 15) is 18.0 Å². The van der Waals surface area contributed by atoms with Crippen LogP contribution in [-0.4, -0.2) is 59.7 Å². The average molecular weight is 499 g/mol. The van der Waals surface area contributed by atoms with E-state index in [1.807, 2.05) is 0 Å². The van der Waals surface area contributed by atoms with Crippen molar-refractivity contribution in [3.05, 3.63) is 41.3 Å². The van der Waals surface area contributed by atoms with Crippen molar-refractivity contribution in [2.45, 2.75) is 50.3 Å². The Bertz CT molecular complexity index is 1140. The maximum Gasteiger partial charge on any atom is 0.410 e. The van der Waals surface area contributed by atoms with Crippen LogP contribution in [-0.2, 0) is 26.5 Å². The van der Waals surface area contributed by atoms with Crippen molar-refractivity contribution in [1.82, 2.24) is 14.5 Å². The van der Waals surface area contributed by atoms with Gasteiger partial charge in [0.15, 0.2) is 0 Å². The second kappa shape index (κ2) is 9.60. The molecule has 1 amide bonds. The quantitative estimate of drug-likeness (QED) is 0.606. The van der Waals surface area contributed by atoms with Gasteiger partial charge in [0.1, 0.15) is 17.4 Å². The Morgan fingerprint density at radius 3 is 2.67 bits per heavy atom. The van der Waals surface area contributed by atoms with Crippen molar-refractivity contribution >= 4 is 39.4 Å². The lowest BCUT2D eigenvalue weighted by atomic mass is 10.2. The van der Waals surface area contributed by atoms with Gasteiger partial charge in [0.05, 0.1) is 17.9 Å². The summed E-state index contributed by atoms with van der Waals surface area (Å²) in [6.45, 7) is 5.92. The smallest absolute Gasteiger partial charge is 0.410 e. The molecular formula is C21H27ClN4O6S. The maximum absolute atomic E-state index is 12.6. The first-order chi connectivity index (χ1) is 15.4. The third kappa shape index (κ3) is 6.17. The number of nitrogens with zero attached hydrogens (tertiary/aromatic N) is 3. The van der Waals surface area contributed by atoms with Crippen molar-refractivity contribution < 1.29 is 27.5 Å². The normalized spacial score (nSPS) is 16.5. The third-order valence-corrected chi connectivity index (χ3v) is 6.72. The molecule has 2 aromatic rings. The van der Waals surface area contributed by atoms with E-state index in [1.165, 1.54) is 35.2 Å². The number of carbonyl (C=O) groups is 2. The molecule has 1 aromatic heterocycles. The number of halogens is 1. The highest BCUT2D eigenvalue weighted by Crippen LogP contribution is 2.24. The minimum absolute atomic E-state index is 0.0115. The molecule has 0 saturated carbocycles. The van der Waals surface area contributed by atoms with E-state index in [0.29, 0.717) is 13.0 Å². The third-order valence-electron chi connectivity index (χ3n) is 4.85. The number of aromatic nitrogens is 2. The Hall–Kier alpha value is -2.79. The molecular weight excluding hydrogens is 472 g/mol. The number of nitrogens with one attached hydrogen (secondary N) is 1. The molecule has 0 bridgehead atoms. The van der Waals surface area contributed by atoms with Crippen molar-refractivity contribution in [3.8, 4) is 0 Å². The molecule has 10 nitrogen and oxygen atoms in total. The summed E-state index contributed by atoms with van der Waals surface area (Å²) in [5, 5.41) is -0.354. The second-order valence-electron chi connectivity index (χ2n) is 8.71. The fraction of sp³-hybridized carbons (Fsp3) is 0.476. The number of imidazole rings is 1. The summed E-state index contributed by atoms with van der Waals surface area (Å²) < 4.78 is 39.7. The van der Waals surface area contributed by atoms with Crippen LogP contribution < -0.4 is 4.72 Å². The molecule has 1 fully saturated rings. The second-order valence-corrected chi connectivity index (χ2v) is 10.7. The molecule has 0 unspecified atom stereocenters. The summed E-state index contributed by atoms with van der Waals surface area (Å²) in [5.74, 6) is -0.636. The van der Waals surface area contributed by atoms with Crippen molar-refractivity contribution in [3.63, 3.8) is 0 Å². The van der Waals surface area contributed by atoms with Crippen LogP contribution in [0.25, 0.3) is 0 Å². The fourth-order valence-corrected chi connectivity index (χ4v) is 4.80. The van der Waals surface area contributed by atoms with Crippen LogP contribution in [0.5, 0.6) is 0 Å². The van der Waals surface area contributed by atoms with Gasteiger partial charge in [-0.2, -0.15) is 8.42 Å². The van der Waals surface area contributed by atoms with Gasteiger partial charge in [0.25, 0.3) is 10.0 Å². The number of amides is 1. The molecule has 1 saturated heterocycles. The van der Waals surface area contributed by atoms with Crippen LogP contribution in [0.1, 0.15) is 44.0 Å². The molecule has 1 aliphatic heterocycles. The Morgan fingerprint density at radius 2 is 2.03 bits per heavy atom. The Labute approximate surface area is 197 Å². The van der Waals surface area contributed by atoms with E-state index in [1.54, 1.807) is 32.7 Å². The Balaban J connectivity index is 1.64. The molecule has 180 valence electrons. The summed E-state index contributed by atoms with van der Waals surface area (Å²) in [6.07, 6.45) is 2.32. The number of esters is 1. The van der Waals surface area contributed by atoms with Gasteiger partial charge in [-0.05, 0) is 51.8 Å². The number of benzene rings is 1. The van der Waals surface area contributed by atoms with Crippen LogP contribution in [0.4, 0.5) is 10.5 Å². The SMILES string of the molecule is Cn1cnc(S(=O)(=O)Nc2cccc(C(=O)OC[C@H]3CCCN3C(=O)OC(C)(C)C)c2)c1Cl. The highest BCUT2D eigenvalue weighted by molar-refractivity contribution is 7.92. The zero-order valence-corrected chi connectivity index (χ0v) is 20.4. The van der Waals surface area contributed by atoms with Gasteiger partial charge >= 0.3 is 12.1 Å². The molecule has 0 radical (unpaired) electrons. The molecule has 2 heterocycles. The fourth-order valence-electron chi connectivity index (χ4n) is 3.31. The van der Waals surface area contributed by atoms with Crippen LogP contribution >= 0.6 is 11.6 Å². The first-order valence-corrected chi connectivity index (χ1v) is 12.2. The molecule has 1 aliphatic rings. The summed E-state index contributed by atoms with van der Waals surface area (Å²) >= 11 is 5.98. The predicted molar refractivity (Wildman–Crippen MR) is 122 cm³/mol. The highest BCUT2D eigenvalue weighted by atomic mass is 35.5. The van der Waals surface area contributed by atoms with Gasteiger partial charge in [-0.3, -0.25) is 4.72 Å². The van der Waals surface area contributed by atoms with E-state index in [0.717, 1.165) is 6.42 Å². The van der Waals surface area contributed by atoms with Crippen LogP contribution in [0.15, 0.2) is 35.6 Å². The van der Waals surface area contributed by atoms with Crippen molar-refractivity contribution in [2.24, 2.45) is 7.05 Å². The van der Waals surface area contributed by atoms with Gasteiger partial charge in [0, 0.05) is 19.3 Å². The van der Waals surface area contributed by atoms with E-state index in [-0.39, 0.29) is 34.1 Å². The van der Waals surface area contributed by atoms with E-state index in [2.05, 4.69) is 9.71 Å². The van der Waals surface area contributed by atoms with Crippen molar-refractivity contribution in [2.75, 3.05) is 17.9 Å². The maximum atomic E-state index is 12.6. The lowest BCUT2D eigenvalue weighted by Gasteiger charge is -2.28. The summed E-state index contributed by atoms with van der Waals surface area (Å²) in [7, 11) is -2.48. The molecule has 0 spiro atoms. The topological polar surface area (TPSA) is 120 Å². The lowest BCUT2D eigenvalue weighted by molar-refractivity contribution is 0.0106. The predicted octanol–water partition coefficient (Wildman–Crippen LogP) is 3.43. The van der Waals surface area contributed by atoms with E-state index >= 15 is 0 Å². The molecule has 1 aromatic carbocycles. The molecule has 3 rings (SSSR count). The summed E-state index contributed by atoms with van der Waals surface area (Å²) in [4.78, 5) is 30.3. The van der Waals surface area contributed by atoms with Gasteiger partial charge in [0.2, 0.25) is 5.03 Å². The monoisotopic (exact) mass is 498 g/mol. The lowest BCUT2D eigenvalue weighted by Crippen LogP contribution is -2.42. The van der Waals surface area contributed by atoms with Crippen LogP contribution in [0, 0.1) is 0 Å². The zero-order chi connectivity index (χ0) is 24.4. The average Bonchev–Trinajstić information content (AvgIpc) is 3.32. The number of ether oxygens (including phenoxy) is 2. The number of hydrogen-bond acceptors (Lipinski definition) is 7. The number of likely N-dealkylation sites (tertiary alicyclic amines) is 1. The zero-order valence-electron chi connectivity index (χ0n) is 18.9. The number of hydrogen-bond donors (Lipinski definition) is 1. The molecule has 12 heteroatoms. The molecule has 0 aliphatic carbocycles. The molecule has 33 heavy (non-hydrogen) atoms. The van der Waals surface area contributed by atoms with Gasteiger partial charge in [-0.1, -0.05) is 17.7 Å². The summed E-state index contributed by atoms with van der Waals surface area (Å²) in [6, 6.07) is 5.60. The van der Waals surface area contributed by atoms with Crippen LogP contribution in [0.3, 0.4) is 0 Å². The Kier molecular flexibility index (Phi) is 7.23.